The first-order valence-electron chi connectivity index (χ1n) is 11.5. The van der Waals surface area contributed by atoms with Crippen LogP contribution in [0.1, 0.15) is 34.1 Å². The molecule has 2 amide bonds. The Morgan fingerprint density at radius 3 is 2.44 bits per heavy atom. The van der Waals surface area contributed by atoms with Crippen LogP contribution in [0, 0.1) is 6.92 Å². The Hall–Kier alpha value is -4.40. The Balaban J connectivity index is 1.56. The molecule has 0 aliphatic heterocycles. The SMILES string of the molecule is CNc1cccc(CCOc2ccc(C[C@H](NC(=O)c3ccc(NC(C)=O)cc3C)C(=O)O)cc2)n1. The third-order valence-electron chi connectivity index (χ3n) is 5.45. The number of nitrogens with zero attached hydrogens (tertiary/aromatic N) is 1. The number of ether oxygens (including phenoxy) is 1. The molecule has 3 rings (SSSR count). The number of aryl methyl sites for hydroxylation is 1. The Kier molecular flexibility index (Phi) is 8.99. The molecule has 0 unspecified atom stereocenters. The summed E-state index contributed by atoms with van der Waals surface area (Å²) in [4.78, 5) is 40.2. The van der Waals surface area contributed by atoms with Crippen LogP contribution < -0.4 is 20.7 Å². The zero-order chi connectivity index (χ0) is 26.1. The number of aliphatic carboxylic acids is 1. The van der Waals surface area contributed by atoms with Crippen LogP contribution >= 0.6 is 0 Å². The Morgan fingerprint density at radius 1 is 1.06 bits per heavy atom. The molecule has 0 aliphatic rings. The lowest BCUT2D eigenvalue weighted by molar-refractivity contribution is -0.139. The van der Waals surface area contributed by atoms with Crippen molar-refractivity contribution < 1.29 is 24.2 Å². The van der Waals surface area contributed by atoms with E-state index in [1.54, 1.807) is 49.4 Å². The molecule has 3 aromatic rings. The van der Waals surface area contributed by atoms with E-state index in [9.17, 15) is 19.5 Å². The third kappa shape index (κ3) is 7.56. The number of carbonyl (C=O) groups is 3. The summed E-state index contributed by atoms with van der Waals surface area (Å²) in [6.45, 7) is 3.57. The molecule has 1 aromatic heterocycles. The minimum atomic E-state index is -1.13. The quantitative estimate of drug-likeness (QED) is 0.324. The minimum absolute atomic E-state index is 0.116. The molecule has 0 radical (unpaired) electrons. The van der Waals surface area contributed by atoms with Crippen LogP contribution in [0.25, 0.3) is 0 Å². The number of aromatic nitrogens is 1. The number of pyridine rings is 1. The number of hydrogen-bond donors (Lipinski definition) is 4. The number of rotatable bonds is 11. The molecule has 9 heteroatoms. The largest absolute Gasteiger partial charge is 0.493 e. The van der Waals surface area contributed by atoms with Crippen LogP contribution in [0.15, 0.2) is 60.7 Å². The first-order valence-corrected chi connectivity index (χ1v) is 11.5. The molecule has 188 valence electrons. The molecule has 0 fully saturated rings. The van der Waals surface area contributed by atoms with Crippen molar-refractivity contribution in [3.05, 3.63) is 83.0 Å². The van der Waals surface area contributed by atoms with E-state index >= 15 is 0 Å². The third-order valence-corrected chi connectivity index (χ3v) is 5.45. The Labute approximate surface area is 209 Å². The molecule has 36 heavy (non-hydrogen) atoms. The van der Waals surface area contributed by atoms with E-state index in [-0.39, 0.29) is 12.3 Å². The van der Waals surface area contributed by atoms with E-state index in [0.29, 0.717) is 35.6 Å². The van der Waals surface area contributed by atoms with Gasteiger partial charge in [-0.2, -0.15) is 0 Å². The predicted molar refractivity (Wildman–Crippen MR) is 138 cm³/mol. The summed E-state index contributed by atoms with van der Waals surface area (Å²) in [6, 6.07) is 16.6. The lowest BCUT2D eigenvalue weighted by Gasteiger charge is -2.16. The molecular formula is C27H30N4O5. The van der Waals surface area contributed by atoms with E-state index < -0.39 is 17.9 Å². The summed E-state index contributed by atoms with van der Waals surface area (Å²) < 4.78 is 5.79. The van der Waals surface area contributed by atoms with Crippen molar-refractivity contribution >= 4 is 29.3 Å². The van der Waals surface area contributed by atoms with Gasteiger partial charge in [0.2, 0.25) is 5.91 Å². The Morgan fingerprint density at radius 2 is 1.81 bits per heavy atom. The number of benzene rings is 2. The number of amides is 2. The minimum Gasteiger partial charge on any atom is -0.493 e. The summed E-state index contributed by atoms with van der Waals surface area (Å²) in [5.41, 5.74) is 3.19. The van der Waals surface area contributed by atoms with Crippen LogP contribution in [0.4, 0.5) is 11.5 Å². The van der Waals surface area contributed by atoms with E-state index in [1.807, 2.05) is 25.2 Å². The van der Waals surface area contributed by atoms with Crippen LogP contribution in [-0.2, 0) is 22.4 Å². The van der Waals surface area contributed by atoms with Gasteiger partial charge in [0.05, 0.1) is 6.61 Å². The number of carbonyl (C=O) groups excluding carboxylic acids is 2. The van der Waals surface area contributed by atoms with Gasteiger partial charge in [-0.05, 0) is 60.5 Å². The van der Waals surface area contributed by atoms with Gasteiger partial charge >= 0.3 is 5.97 Å². The highest BCUT2D eigenvalue weighted by molar-refractivity contribution is 5.98. The second-order valence-corrected chi connectivity index (χ2v) is 8.29. The highest BCUT2D eigenvalue weighted by atomic mass is 16.5. The van der Waals surface area contributed by atoms with Crippen molar-refractivity contribution in [3.63, 3.8) is 0 Å². The number of anilines is 2. The maximum Gasteiger partial charge on any atom is 0.326 e. The standard InChI is InChI=1S/C27H30N4O5/c1-17-15-21(29-18(2)32)9-12-23(17)26(33)31-24(27(34)35)16-19-7-10-22(11-8-19)36-14-13-20-5-4-6-25(28-3)30-20/h4-12,15,24H,13-14,16H2,1-3H3,(H,28,30)(H,29,32)(H,31,33)(H,34,35)/t24-/m0/s1. The van der Waals surface area contributed by atoms with Crippen LogP contribution in [0.5, 0.6) is 5.75 Å². The predicted octanol–water partition coefficient (Wildman–Crippen LogP) is 3.44. The molecule has 0 saturated carbocycles. The van der Waals surface area contributed by atoms with Gasteiger partial charge in [0.1, 0.15) is 17.6 Å². The molecule has 1 heterocycles. The van der Waals surface area contributed by atoms with Crippen molar-refractivity contribution in [2.45, 2.75) is 32.7 Å². The topological polar surface area (TPSA) is 130 Å². The van der Waals surface area contributed by atoms with Crippen molar-refractivity contribution in [3.8, 4) is 5.75 Å². The monoisotopic (exact) mass is 490 g/mol. The Bertz CT molecular complexity index is 1230. The zero-order valence-corrected chi connectivity index (χ0v) is 20.5. The molecule has 4 N–H and O–H groups in total. The zero-order valence-electron chi connectivity index (χ0n) is 20.5. The average molecular weight is 491 g/mol. The molecule has 0 aliphatic carbocycles. The summed E-state index contributed by atoms with van der Waals surface area (Å²) in [6.07, 6.45) is 0.765. The van der Waals surface area contributed by atoms with Crippen molar-refractivity contribution in [2.75, 3.05) is 24.3 Å². The van der Waals surface area contributed by atoms with Gasteiger partial charge in [0.15, 0.2) is 0 Å². The number of carboxylic acid groups (broad SMARTS) is 1. The average Bonchev–Trinajstić information content (AvgIpc) is 2.84. The van der Waals surface area contributed by atoms with Gasteiger partial charge in [0.25, 0.3) is 5.91 Å². The van der Waals surface area contributed by atoms with E-state index in [1.165, 1.54) is 6.92 Å². The van der Waals surface area contributed by atoms with Crippen LogP contribution in [-0.4, -0.2) is 47.6 Å². The second-order valence-electron chi connectivity index (χ2n) is 8.29. The molecule has 9 nitrogen and oxygen atoms in total. The maximum absolute atomic E-state index is 12.7. The van der Waals surface area contributed by atoms with E-state index in [2.05, 4.69) is 20.9 Å². The van der Waals surface area contributed by atoms with E-state index in [4.69, 9.17) is 4.74 Å². The van der Waals surface area contributed by atoms with Crippen molar-refractivity contribution in [1.82, 2.24) is 10.3 Å². The first kappa shape index (κ1) is 26.2. The fraction of sp³-hybridized carbons (Fsp3) is 0.259. The first-order chi connectivity index (χ1) is 17.2. The highest BCUT2D eigenvalue weighted by Gasteiger charge is 2.22. The van der Waals surface area contributed by atoms with Crippen LogP contribution in [0.2, 0.25) is 0 Å². The van der Waals surface area contributed by atoms with E-state index in [0.717, 1.165) is 17.1 Å². The van der Waals surface area contributed by atoms with Gasteiger partial charge in [-0.15, -0.1) is 0 Å². The number of hydrogen-bond acceptors (Lipinski definition) is 6. The fourth-order valence-corrected chi connectivity index (χ4v) is 3.62. The molecule has 2 aromatic carbocycles. The molecule has 1 atom stereocenters. The van der Waals surface area contributed by atoms with Gasteiger partial charge in [-0.3, -0.25) is 9.59 Å². The van der Waals surface area contributed by atoms with Gasteiger partial charge in [-0.25, -0.2) is 9.78 Å². The number of carboxylic acids is 1. The second kappa shape index (κ2) is 12.3. The molecule has 0 bridgehead atoms. The molecule has 0 saturated heterocycles. The summed E-state index contributed by atoms with van der Waals surface area (Å²) in [7, 11) is 1.82. The lowest BCUT2D eigenvalue weighted by Crippen LogP contribution is -2.42. The summed E-state index contributed by atoms with van der Waals surface area (Å²) >= 11 is 0. The number of nitrogens with one attached hydrogen (secondary N) is 3. The highest BCUT2D eigenvalue weighted by Crippen LogP contribution is 2.17. The normalized spacial score (nSPS) is 11.3. The fourth-order valence-electron chi connectivity index (χ4n) is 3.62. The molecule has 0 spiro atoms. The summed E-state index contributed by atoms with van der Waals surface area (Å²) in [5.74, 6) is -0.383. The lowest BCUT2D eigenvalue weighted by atomic mass is 10.0. The smallest absolute Gasteiger partial charge is 0.326 e. The van der Waals surface area contributed by atoms with Crippen LogP contribution in [0.3, 0.4) is 0 Å². The van der Waals surface area contributed by atoms with Crippen molar-refractivity contribution in [2.24, 2.45) is 0 Å². The molecular weight excluding hydrogens is 460 g/mol. The van der Waals surface area contributed by atoms with Gasteiger partial charge < -0.3 is 25.8 Å². The summed E-state index contributed by atoms with van der Waals surface area (Å²) in [5, 5.41) is 17.9. The van der Waals surface area contributed by atoms with Gasteiger partial charge in [-0.1, -0.05) is 18.2 Å². The van der Waals surface area contributed by atoms with Gasteiger partial charge in [0, 0.05) is 43.8 Å². The van der Waals surface area contributed by atoms with Crippen molar-refractivity contribution in [1.29, 1.82) is 0 Å². The maximum atomic E-state index is 12.7.